The molecule has 0 saturated carbocycles. The SMILES string of the molecule is C/C=C/Cc1c(-c2ccccc2)nc2c(C#N)c[nH]n2c1=O.CCc1c(-c2ccc(-c3ccccc3)cc2)nc2c(C#N)c[nH]n2c1=O.CCc1c(-c2ccc(Nc3ccc(F)cc3)cc2)nc2c(C#N)c[nH]n2c1=O.CCc1c(-c2cccc(-c3cnn(C)c3)c2)nc2c(C#N)c[nH]n2c1=O.CCc1c(-c2cccc(NC(=O)OC(C)(C)C)c2)nc2c(C#N)c[nH]n2c1=O. The summed E-state index contributed by atoms with van der Waals surface area (Å²) >= 11 is 0. The number of nitrogens with zero attached hydrogens (tertiary/aromatic N) is 17. The number of aromatic amines is 5. The van der Waals surface area contributed by atoms with E-state index in [-0.39, 0.29) is 44.8 Å². The second kappa shape index (κ2) is 38.8. The fraction of sp³-hybridized carbons (Fsp3) is 0.153. The van der Waals surface area contributed by atoms with Crippen LogP contribution in [0.2, 0.25) is 0 Å². The number of amides is 1. The van der Waals surface area contributed by atoms with E-state index in [1.54, 1.807) is 68.0 Å². The van der Waals surface area contributed by atoms with Crippen LogP contribution >= 0.6 is 0 Å². The van der Waals surface area contributed by atoms with Gasteiger partial charge in [0.1, 0.15) is 69.6 Å². The van der Waals surface area contributed by atoms with Gasteiger partial charge in [-0.3, -0.25) is 59.5 Å². The Bertz CT molecular complexity index is 7900. The maximum atomic E-state index is 13.0. The minimum atomic E-state index is -0.611. The summed E-state index contributed by atoms with van der Waals surface area (Å²) in [7, 11) is 1.87. The van der Waals surface area contributed by atoms with E-state index < -0.39 is 11.7 Å². The van der Waals surface area contributed by atoms with Crippen LogP contribution in [0.15, 0.2) is 261 Å². The number of rotatable bonds is 16. The first kappa shape index (κ1) is 88.4. The number of benzene rings is 7. The summed E-state index contributed by atoms with van der Waals surface area (Å²) in [6.07, 6.45) is 17.0. The Kier molecular flexibility index (Phi) is 26.4. The highest BCUT2D eigenvalue weighted by Gasteiger charge is 2.24. The maximum Gasteiger partial charge on any atom is 0.412 e. The normalized spacial score (nSPS) is 11.0. The van der Waals surface area contributed by atoms with Crippen LogP contribution in [-0.4, -0.2) is 94.5 Å². The number of aromatic nitrogens is 17. The molecule has 0 bridgehead atoms. The van der Waals surface area contributed by atoms with E-state index in [9.17, 15) is 54.2 Å². The summed E-state index contributed by atoms with van der Waals surface area (Å²) in [6, 6.07) is 66.3. The lowest BCUT2D eigenvalue weighted by Gasteiger charge is -2.19. The molecule has 644 valence electrons. The number of H-pyrrole nitrogens is 5. The number of nitriles is 5. The molecule has 0 saturated heterocycles. The van der Waals surface area contributed by atoms with Crippen LogP contribution < -0.4 is 38.4 Å². The summed E-state index contributed by atoms with van der Waals surface area (Å²) in [5, 5.41) is 70.2. The Morgan fingerprint density at radius 1 is 0.408 bits per heavy atom. The maximum absolute atomic E-state index is 13.0. The summed E-state index contributed by atoms with van der Waals surface area (Å²) in [6.45, 7) is 14.9. The van der Waals surface area contributed by atoms with Gasteiger partial charge in [0.25, 0.3) is 27.8 Å². The first-order valence-corrected chi connectivity index (χ1v) is 41.3. The van der Waals surface area contributed by atoms with Gasteiger partial charge in [0.2, 0.25) is 0 Å². The van der Waals surface area contributed by atoms with Crippen molar-refractivity contribution in [3.8, 4) is 109 Å². The van der Waals surface area contributed by atoms with Gasteiger partial charge < -0.3 is 10.1 Å². The monoisotopic (exact) mass is 1730 g/mol. The minimum Gasteiger partial charge on any atom is -0.444 e. The highest BCUT2D eigenvalue weighted by molar-refractivity contribution is 5.87. The molecule has 0 atom stereocenters. The van der Waals surface area contributed by atoms with Gasteiger partial charge in [-0.15, -0.1) is 0 Å². The molecular formula is C98H83FN24O7. The highest BCUT2D eigenvalue weighted by Crippen LogP contribution is 2.33. The van der Waals surface area contributed by atoms with Crippen molar-refractivity contribution in [3.63, 3.8) is 0 Å². The van der Waals surface area contributed by atoms with Crippen LogP contribution in [0, 0.1) is 62.5 Å². The predicted octanol–water partition coefficient (Wildman–Crippen LogP) is 16.5. The molecule has 0 aliphatic rings. The molecule has 11 aromatic heterocycles. The van der Waals surface area contributed by atoms with Gasteiger partial charge >= 0.3 is 6.09 Å². The van der Waals surface area contributed by atoms with E-state index in [2.05, 4.69) is 96.5 Å². The Balaban J connectivity index is 0.000000131. The Hall–Kier alpha value is -18.0. The molecule has 31 nitrogen and oxygen atoms in total. The zero-order valence-electron chi connectivity index (χ0n) is 71.9. The third-order valence-corrected chi connectivity index (χ3v) is 20.9. The van der Waals surface area contributed by atoms with Crippen LogP contribution in [0.4, 0.5) is 26.2 Å². The van der Waals surface area contributed by atoms with E-state index in [0.717, 1.165) is 55.9 Å². The van der Waals surface area contributed by atoms with Crippen molar-refractivity contribution in [1.29, 1.82) is 26.3 Å². The third-order valence-electron chi connectivity index (χ3n) is 20.9. The number of aryl methyl sites for hydroxylation is 1. The van der Waals surface area contributed by atoms with E-state index in [4.69, 9.17) is 10.00 Å². The molecule has 32 heteroatoms. The van der Waals surface area contributed by atoms with Crippen molar-refractivity contribution in [3.05, 3.63) is 351 Å². The van der Waals surface area contributed by atoms with Crippen LogP contribution in [0.5, 0.6) is 0 Å². The summed E-state index contributed by atoms with van der Waals surface area (Å²) in [4.78, 5) is 98.8. The standard InChI is InChI=1S/C21H16FN5O.C21H16N4O.C20H21N5O3.C19H16N6O.C17H14N4O/c1-2-18-19(26-20-14(11-23)12-24-27(20)21(18)28)13-3-7-16(8-4-13)25-17-9-5-15(22)6-10-17;1-2-18-19(24-20-17(12-22)13-23-25(20)21(18)26)16-10-8-15(9-11-16)14-6-4-3-5-7-14;1-5-15-16(24-17-13(10-21)11-22-25(17)18(15)26)12-7-6-8-14(9-12)23-19(27)28-20(2,3)4;1-3-16-17(23-18-14(8-20)9-22-25(18)19(16)26)13-6-4-5-12(7-13)15-10-21-24(2)11-15;1-2-3-9-14-15(12-7-5-4-6-8-12)20-16-13(10-18)11-19-21(16)17(14)22/h3-10,12,24-25H,2H2,1H3;3-11,13,23H,2H2,1H3;6-9,11,22H,5H2,1-4H3,(H,23,27);4-7,9-11,22H,3H2,1-2H3;2-8,11,19H,9H2,1H3/b;;;;3-2+. The quantitative estimate of drug-likeness (QED) is 0.0442. The van der Waals surface area contributed by atoms with Gasteiger partial charge in [0, 0.05) is 122 Å². The first-order chi connectivity index (χ1) is 62.9. The Labute approximate surface area is 740 Å². The number of hydrogen-bond acceptors (Lipinski definition) is 19. The molecule has 130 heavy (non-hydrogen) atoms. The summed E-state index contributed by atoms with van der Waals surface area (Å²) in [5.41, 5.74) is 17.9. The Morgan fingerprint density at radius 3 is 1.11 bits per heavy atom. The second-order valence-electron chi connectivity index (χ2n) is 30.4. The van der Waals surface area contributed by atoms with Gasteiger partial charge in [0.05, 0.1) is 34.7 Å². The van der Waals surface area contributed by atoms with Gasteiger partial charge in [-0.2, -0.15) is 31.4 Å². The molecule has 0 radical (unpaired) electrons. The molecule has 11 heterocycles. The molecular weight excluding hydrogens is 1640 g/mol. The van der Waals surface area contributed by atoms with Crippen molar-refractivity contribution in [2.24, 2.45) is 7.05 Å². The number of carbonyl (C=O) groups is 1. The molecule has 18 aromatic rings. The number of carbonyl (C=O) groups excluding carboxylic acids is 1. The van der Waals surface area contributed by atoms with E-state index in [1.807, 2.05) is 193 Å². The van der Waals surface area contributed by atoms with Crippen molar-refractivity contribution in [2.45, 2.75) is 93.1 Å². The fourth-order valence-corrected chi connectivity index (χ4v) is 14.6. The van der Waals surface area contributed by atoms with Crippen LogP contribution in [0.1, 0.15) is 111 Å². The predicted molar refractivity (Wildman–Crippen MR) is 493 cm³/mol. The molecule has 0 fully saturated rings. The molecule has 0 unspecified atom stereocenters. The number of allylic oxidation sites excluding steroid dienone is 2. The Morgan fingerprint density at radius 2 is 0.731 bits per heavy atom. The summed E-state index contributed by atoms with van der Waals surface area (Å²) in [5.74, 6) is -0.290. The molecule has 7 aromatic carbocycles. The number of fused-ring (bicyclic) bond motifs is 5. The number of nitrogens with one attached hydrogen (secondary N) is 7. The van der Waals surface area contributed by atoms with E-state index >= 15 is 0 Å². The zero-order valence-corrected chi connectivity index (χ0v) is 71.9. The number of hydrogen-bond donors (Lipinski definition) is 7. The average Bonchev–Trinajstić information content (AvgIpc) is 1.58. The lowest BCUT2D eigenvalue weighted by Crippen LogP contribution is -2.27. The van der Waals surface area contributed by atoms with Gasteiger partial charge in [-0.25, -0.2) is 56.7 Å². The minimum absolute atomic E-state index is 0.166. The smallest absolute Gasteiger partial charge is 0.412 e. The third kappa shape index (κ3) is 18.6. The van der Waals surface area contributed by atoms with Gasteiger partial charge in [-0.1, -0.05) is 167 Å². The lowest BCUT2D eigenvalue weighted by atomic mass is 10.0. The number of ether oxygens (including phenoxy) is 1. The molecule has 0 aliphatic heterocycles. The molecule has 1 amide bonds. The van der Waals surface area contributed by atoms with E-state index in [1.165, 1.54) is 65.7 Å². The van der Waals surface area contributed by atoms with Crippen molar-refractivity contribution in [2.75, 3.05) is 10.6 Å². The van der Waals surface area contributed by atoms with Gasteiger partial charge in [0.15, 0.2) is 28.2 Å². The molecule has 0 spiro atoms. The topological polar surface area (TPSA) is 438 Å². The fourth-order valence-electron chi connectivity index (χ4n) is 14.6. The van der Waals surface area contributed by atoms with Crippen molar-refractivity contribution < 1.29 is 13.9 Å². The lowest BCUT2D eigenvalue weighted by molar-refractivity contribution is 0.0635. The molecule has 18 rings (SSSR count). The molecule has 0 aliphatic carbocycles. The van der Waals surface area contributed by atoms with Crippen molar-refractivity contribution >= 4 is 51.4 Å². The largest absolute Gasteiger partial charge is 0.444 e. The van der Waals surface area contributed by atoms with E-state index in [0.29, 0.717) is 144 Å². The van der Waals surface area contributed by atoms with Crippen molar-refractivity contribution in [1.82, 2.24) is 82.8 Å². The van der Waals surface area contributed by atoms with Crippen LogP contribution in [0.3, 0.4) is 0 Å². The highest BCUT2D eigenvalue weighted by atomic mass is 19.1. The second-order valence-corrected chi connectivity index (χ2v) is 30.4. The zero-order chi connectivity index (χ0) is 92.0. The number of anilines is 3. The summed E-state index contributed by atoms with van der Waals surface area (Å²) < 4.78 is 26.6. The average molecular weight is 1730 g/mol. The molecule has 7 N–H and O–H groups in total. The number of halogens is 1. The van der Waals surface area contributed by atoms with Crippen LogP contribution in [-0.2, 0) is 43.9 Å². The van der Waals surface area contributed by atoms with Crippen LogP contribution in [0.25, 0.3) is 107 Å². The van der Waals surface area contributed by atoms with Gasteiger partial charge in [-0.05, 0) is 131 Å². The first-order valence-electron chi connectivity index (χ1n) is 41.3.